The second-order valence-electron chi connectivity index (χ2n) is 8.88. The van der Waals surface area contributed by atoms with E-state index in [0.717, 1.165) is 9.58 Å². The molecular formula is C25H26FN7O4S. The summed E-state index contributed by atoms with van der Waals surface area (Å²) in [6.45, 7) is 4.51. The number of hydrogen-bond acceptors (Lipinski definition) is 11. The van der Waals surface area contributed by atoms with Crippen molar-refractivity contribution in [3.63, 3.8) is 0 Å². The van der Waals surface area contributed by atoms with Crippen molar-refractivity contribution in [2.24, 2.45) is 0 Å². The van der Waals surface area contributed by atoms with E-state index >= 15 is 0 Å². The van der Waals surface area contributed by atoms with E-state index in [1.807, 2.05) is 18.0 Å². The predicted molar refractivity (Wildman–Crippen MR) is 140 cm³/mol. The molecular weight excluding hydrogens is 513 g/mol. The van der Waals surface area contributed by atoms with Crippen LogP contribution < -0.4 is 15.3 Å². The molecule has 4 heterocycles. The summed E-state index contributed by atoms with van der Waals surface area (Å²) in [5.74, 6) is 0.202. The number of benzene rings is 1. The monoisotopic (exact) mass is 539 g/mol. The Hall–Kier alpha value is -3.78. The van der Waals surface area contributed by atoms with Gasteiger partial charge in [-0.25, -0.2) is 29.8 Å². The van der Waals surface area contributed by atoms with E-state index in [9.17, 15) is 14.3 Å². The molecule has 3 N–H and O–H groups in total. The lowest BCUT2D eigenvalue weighted by Crippen LogP contribution is -2.36. The van der Waals surface area contributed by atoms with Gasteiger partial charge in [0.2, 0.25) is 5.95 Å². The normalized spacial score (nSPS) is 14.5. The first-order valence-electron chi connectivity index (χ1n) is 11.9. The van der Waals surface area contributed by atoms with Crippen LogP contribution in [0.25, 0.3) is 21.6 Å². The molecule has 198 valence electrons. The van der Waals surface area contributed by atoms with E-state index in [1.165, 1.54) is 29.8 Å². The Kier molecular flexibility index (Phi) is 7.42. The summed E-state index contributed by atoms with van der Waals surface area (Å²) in [6.07, 6.45) is 1.91. The molecule has 38 heavy (non-hydrogen) atoms. The number of hydroxylamine groups is 1. The van der Waals surface area contributed by atoms with Crippen molar-refractivity contribution >= 4 is 39.2 Å². The molecule has 13 heteroatoms. The second-order valence-corrected chi connectivity index (χ2v) is 10.0. The number of thiophene rings is 1. The van der Waals surface area contributed by atoms with Crippen LogP contribution in [0.3, 0.4) is 0 Å². The number of amides is 1. The highest BCUT2D eigenvalue weighted by atomic mass is 32.1. The lowest BCUT2D eigenvalue weighted by Gasteiger charge is -2.28. The molecule has 4 aromatic rings. The molecule has 0 aliphatic carbocycles. The van der Waals surface area contributed by atoms with Crippen molar-refractivity contribution in [3.8, 4) is 11.4 Å². The number of carbonyl (C=O) groups is 1. The predicted octanol–water partition coefficient (Wildman–Crippen LogP) is 2.93. The summed E-state index contributed by atoms with van der Waals surface area (Å²) in [5.41, 5.74) is 3.18. The minimum absolute atomic E-state index is 0.136. The standard InChI is InChI=1S/C25H26FN7O4S/c1-14(34)15-3-4-19(26)18(9-15)22-29-20-10-17(38-21(20)23(30-22)33-5-7-37-8-6-33)13-32(2)25-27-11-16(12-28-25)24(35)31-36/h3-4,9-12,14,34,36H,5-8,13H2,1-2H3,(H,31,35). The van der Waals surface area contributed by atoms with Gasteiger partial charge < -0.3 is 19.6 Å². The summed E-state index contributed by atoms with van der Waals surface area (Å²) in [6, 6.07) is 6.40. The van der Waals surface area contributed by atoms with Crippen molar-refractivity contribution in [1.29, 1.82) is 0 Å². The van der Waals surface area contributed by atoms with Crippen molar-refractivity contribution in [1.82, 2.24) is 25.4 Å². The van der Waals surface area contributed by atoms with Crippen LogP contribution in [0.1, 0.15) is 33.8 Å². The van der Waals surface area contributed by atoms with E-state index in [2.05, 4.69) is 14.9 Å². The van der Waals surface area contributed by atoms with Crippen LogP contribution in [0.5, 0.6) is 0 Å². The Morgan fingerprint density at radius 1 is 1.24 bits per heavy atom. The zero-order valence-corrected chi connectivity index (χ0v) is 21.6. The van der Waals surface area contributed by atoms with E-state index in [0.29, 0.717) is 55.7 Å². The number of nitrogens with zero attached hydrogens (tertiary/aromatic N) is 6. The number of fused-ring (bicyclic) bond motifs is 1. The maximum absolute atomic E-state index is 14.9. The number of carbonyl (C=O) groups excluding carboxylic acids is 1. The van der Waals surface area contributed by atoms with E-state index in [4.69, 9.17) is 19.9 Å². The summed E-state index contributed by atoms with van der Waals surface area (Å²) in [5, 5.41) is 18.8. The first-order chi connectivity index (χ1) is 18.3. The molecule has 1 atom stereocenters. The fourth-order valence-electron chi connectivity index (χ4n) is 4.13. The maximum Gasteiger partial charge on any atom is 0.277 e. The number of hydrogen-bond donors (Lipinski definition) is 3. The van der Waals surface area contributed by atoms with Crippen LogP contribution in [0.2, 0.25) is 0 Å². The quantitative estimate of drug-likeness (QED) is 0.237. The van der Waals surface area contributed by atoms with Crippen LogP contribution in [-0.4, -0.2) is 69.5 Å². The summed E-state index contributed by atoms with van der Waals surface area (Å²) in [4.78, 5) is 34.4. The SMILES string of the molecule is CC(O)c1ccc(F)c(-c2nc(N3CCOCC3)c3sc(CN(C)c4ncc(C(=O)NO)cn4)cc3n2)c1. The summed E-state index contributed by atoms with van der Waals surface area (Å²) < 4.78 is 21.3. The highest BCUT2D eigenvalue weighted by molar-refractivity contribution is 7.19. The number of ether oxygens (including phenoxy) is 1. The van der Waals surface area contributed by atoms with Gasteiger partial charge in [-0.1, -0.05) is 6.07 Å². The third kappa shape index (κ3) is 5.27. The molecule has 0 saturated carbocycles. The zero-order chi connectivity index (χ0) is 26.8. The van der Waals surface area contributed by atoms with Gasteiger partial charge in [-0.3, -0.25) is 10.0 Å². The number of morpholine rings is 1. The van der Waals surface area contributed by atoms with Gasteiger partial charge in [0.1, 0.15) is 5.82 Å². The number of halogens is 1. The molecule has 0 spiro atoms. The summed E-state index contributed by atoms with van der Waals surface area (Å²) >= 11 is 1.53. The highest BCUT2D eigenvalue weighted by Gasteiger charge is 2.22. The molecule has 0 bridgehead atoms. The highest BCUT2D eigenvalue weighted by Crippen LogP contribution is 2.36. The number of nitrogens with one attached hydrogen (secondary N) is 1. The van der Waals surface area contributed by atoms with Gasteiger partial charge in [-0.15, -0.1) is 11.3 Å². The molecule has 3 aromatic heterocycles. The minimum Gasteiger partial charge on any atom is -0.389 e. The number of aliphatic hydroxyl groups excluding tert-OH is 1. The van der Waals surface area contributed by atoms with Crippen LogP contribution in [0, 0.1) is 5.82 Å². The molecule has 1 saturated heterocycles. The second kappa shape index (κ2) is 10.9. The van der Waals surface area contributed by atoms with Crippen molar-refractivity contribution in [2.75, 3.05) is 43.2 Å². The van der Waals surface area contributed by atoms with E-state index < -0.39 is 17.8 Å². The first-order valence-corrected chi connectivity index (χ1v) is 12.7. The third-order valence-corrected chi connectivity index (χ3v) is 7.27. The lowest BCUT2D eigenvalue weighted by atomic mass is 10.1. The Balaban J connectivity index is 1.52. The van der Waals surface area contributed by atoms with Crippen molar-refractivity contribution in [3.05, 3.63) is 58.5 Å². The van der Waals surface area contributed by atoms with Gasteiger partial charge in [0, 0.05) is 37.4 Å². The average molecular weight is 540 g/mol. The number of aromatic nitrogens is 4. The smallest absolute Gasteiger partial charge is 0.277 e. The van der Waals surface area contributed by atoms with Gasteiger partial charge in [-0.2, -0.15) is 0 Å². The van der Waals surface area contributed by atoms with Crippen molar-refractivity contribution < 1.29 is 24.2 Å². The third-order valence-electron chi connectivity index (χ3n) is 6.17. The van der Waals surface area contributed by atoms with Crippen LogP contribution >= 0.6 is 11.3 Å². The fraction of sp³-hybridized carbons (Fsp3) is 0.320. The van der Waals surface area contributed by atoms with Crippen LogP contribution in [0.15, 0.2) is 36.7 Å². The van der Waals surface area contributed by atoms with Crippen molar-refractivity contribution in [2.45, 2.75) is 19.6 Å². The Bertz CT molecular complexity index is 1460. The van der Waals surface area contributed by atoms with Gasteiger partial charge in [0.25, 0.3) is 5.91 Å². The molecule has 0 radical (unpaired) electrons. The van der Waals surface area contributed by atoms with Gasteiger partial charge >= 0.3 is 0 Å². The number of aliphatic hydroxyl groups is 1. The maximum atomic E-state index is 14.9. The van der Waals surface area contributed by atoms with Crippen LogP contribution in [-0.2, 0) is 11.3 Å². The van der Waals surface area contributed by atoms with Gasteiger partial charge in [0.15, 0.2) is 11.6 Å². The molecule has 5 rings (SSSR count). The van der Waals surface area contributed by atoms with E-state index in [-0.39, 0.29) is 17.0 Å². The average Bonchev–Trinajstić information content (AvgIpc) is 3.35. The Morgan fingerprint density at radius 2 is 1.97 bits per heavy atom. The number of anilines is 2. The Labute approximate surface area is 221 Å². The minimum atomic E-state index is -0.755. The lowest BCUT2D eigenvalue weighted by molar-refractivity contribution is 0.0705. The molecule has 1 aliphatic heterocycles. The topological polar surface area (TPSA) is 137 Å². The molecule has 1 unspecified atom stereocenters. The van der Waals surface area contributed by atoms with E-state index in [1.54, 1.807) is 24.5 Å². The van der Waals surface area contributed by atoms with Gasteiger partial charge in [-0.05, 0) is 30.7 Å². The summed E-state index contributed by atoms with van der Waals surface area (Å²) in [7, 11) is 1.82. The van der Waals surface area contributed by atoms with Crippen LogP contribution in [0.4, 0.5) is 16.2 Å². The first kappa shape index (κ1) is 25.9. The molecule has 1 fully saturated rings. The van der Waals surface area contributed by atoms with Gasteiger partial charge in [0.05, 0.1) is 47.2 Å². The molecule has 1 amide bonds. The molecule has 1 aliphatic rings. The largest absolute Gasteiger partial charge is 0.389 e. The fourth-order valence-corrected chi connectivity index (χ4v) is 5.30. The number of rotatable bonds is 7. The zero-order valence-electron chi connectivity index (χ0n) is 20.8. The molecule has 11 nitrogen and oxygen atoms in total. The Morgan fingerprint density at radius 3 is 2.66 bits per heavy atom. The molecule has 1 aromatic carbocycles.